The molecule has 5 heteroatoms. The van der Waals surface area contributed by atoms with E-state index >= 15 is 0 Å². The van der Waals surface area contributed by atoms with Gasteiger partial charge < -0.3 is 20.1 Å². The Morgan fingerprint density at radius 3 is 2.34 bits per heavy atom. The van der Waals surface area contributed by atoms with E-state index in [1.807, 2.05) is 6.07 Å². The molecule has 1 unspecified atom stereocenters. The molecule has 0 aromatic heterocycles. The maximum atomic E-state index is 10.6. The van der Waals surface area contributed by atoms with E-state index in [1.54, 1.807) is 19.1 Å². The zero-order chi connectivity index (χ0) is 20.5. The number of nitriles is 1. The van der Waals surface area contributed by atoms with Crippen LogP contribution in [0.1, 0.15) is 59.6 Å². The molecule has 5 nitrogen and oxygen atoms in total. The first kappa shape index (κ1) is 20.1. The van der Waals surface area contributed by atoms with E-state index in [0.717, 1.165) is 16.7 Å². The summed E-state index contributed by atoms with van der Waals surface area (Å²) >= 11 is 0. The van der Waals surface area contributed by atoms with E-state index < -0.39 is 30.3 Å². The van der Waals surface area contributed by atoms with Crippen molar-refractivity contribution in [1.29, 1.82) is 5.26 Å². The molecule has 2 aliphatic rings. The number of ether oxygens (including phenoxy) is 1. The fraction of sp³-hybridized carbons (Fsp3) is 0.458. The molecule has 1 heterocycles. The van der Waals surface area contributed by atoms with E-state index in [4.69, 9.17) is 4.74 Å². The molecule has 0 bridgehead atoms. The Balaban J connectivity index is 1.60. The van der Waals surface area contributed by atoms with Crippen molar-refractivity contribution < 1.29 is 20.1 Å². The van der Waals surface area contributed by atoms with Gasteiger partial charge in [-0.2, -0.15) is 5.26 Å². The van der Waals surface area contributed by atoms with Gasteiger partial charge in [-0.1, -0.05) is 43.3 Å². The Bertz CT molecular complexity index is 898. The molecule has 1 aliphatic carbocycles. The molecule has 2 aromatic rings. The number of hydrogen-bond donors (Lipinski definition) is 3. The lowest BCUT2D eigenvalue weighted by atomic mass is 9.84. The van der Waals surface area contributed by atoms with Gasteiger partial charge in [0.25, 0.3) is 0 Å². The Labute approximate surface area is 171 Å². The van der Waals surface area contributed by atoms with Crippen molar-refractivity contribution in [1.82, 2.24) is 0 Å². The summed E-state index contributed by atoms with van der Waals surface area (Å²) in [7, 11) is 0. The smallest absolute Gasteiger partial charge is 0.109 e. The van der Waals surface area contributed by atoms with E-state index in [-0.39, 0.29) is 6.61 Å². The lowest BCUT2D eigenvalue weighted by Gasteiger charge is -2.41. The van der Waals surface area contributed by atoms with Gasteiger partial charge in [0.2, 0.25) is 0 Å². The van der Waals surface area contributed by atoms with Crippen LogP contribution in [0.5, 0.6) is 0 Å². The molecule has 2 aromatic carbocycles. The van der Waals surface area contributed by atoms with Crippen LogP contribution < -0.4 is 0 Å². The number of aliphatic hydroxyl groups is 3. The van der Waals surface area contributed by atoms with Gasteiger partial charge in [-0.05, 0) is 53.5 Å². The molecule has 2 fully saturated rings. The van der Waals surface area contributed by atoms with Crippen LogP contribution in [0.3, 0.4) is 0 Å². The topological polar surface area (TPSA) is 93.7 Å². The summed E-state index contributed by atoms with van der Waals surface area (Å²) in [6.45, 7) is 1.44. The van der Waals surface area contributed by atoms with Crippen molar-refractivity contribution >= 4 is 0 Å². The average Bonchev–Trinajstić information content (AvgIpc) is 3.58. The van der Waals surface area contributed by atoms with Crippen molar-refractivity contribution in [3.05, 3.63) is 70.3 Å². The summed E-state index contributed by atoms with van der Waals surface area (Å²) in [5.74, 6) is 0.281. The summed E-state index contributed by atoms with van der Waals surface area (Å²) in [5.41, 5.74) is 4.73. The lowest BCUT2D eigenvalue weighted by molar-refractivity contribution is -0.207. The molecule has 1 aliphatic heterocycles. The molecule has 1 saturated carbocycles. The maximum Gasteiger partial charge on any atom is 0.109 e. The van der Waals surface area contributed by atoms with Crippen molar-refractivity contribution in [2.24, 2.45) is 5.92 Å². The first-order chi connectivity index (χ1) is 14.0. The van der Waals surface area contributed by atoms with Gasteiger partial charge in [-0.3, -0.25) is 0 Å². The zero-order valence-electron chi connectivity index (χ0n) is 16.5. The van der Waals surface area contributed by atoms with Gasteiger partial charge in [0.15, 0.2) is 0 Å². The second-order valence-corrected chi connectivity index (χ2v) is 8.34. The molecular formula is C24H27NO4. The highest BCUT2D eigenvalue weighted by atomic mass is 16.5. The van der Waals surface area contributed by atoms with Gasteiger partial charge in [-0.25, -0.2) is 0 Å². The molecule has 0 amide bonds. The van der Waals surface area contributed by atoms with Gasteiger partial charge in [0.1, 0.15) is 12.2 Å². The Morgan fingerprint density at radius 2 is 1.72 bits per heavy atom. The summed E-state index contributed by atoms with van der Waals surface area (Å²) in [5, 5.41) is 39.9. The molecule has 0 radical (unpaired) electrons. The first-order valence-corrected chi connectivity index (χ1v) is 10.3. The predicted molar refractivity (Wildman–Crippen MR) is 108 cm³/mol. The molecule has 5 atom stereocenters. The molecule has 4 rings (SSSR count). The minimum absolute atomic E-state index is 0.314. The van der Waals surface area contributed by atoms with Crippen LogP contribution in [0.25, 0.3) is 0 Å². The Hall–Kier alpha value is -2.23. The largest absolute Gasteiger partial charge is 0.394 e. The van der Waals surface area contributed by atoms with Gasteiger partial charge in [0.05, 0.1) is 30.4 Å². The maximum absolute atomic E-state index is 10.6. The Morgan fingerprint density at radius 1 is 1.03 bits per heavy atom. The van der Waals surface area contributed by atoms with Crippen LogP contribution in [0.4, 0.5) is 0 Å². The number of nitrogens with zero attached hydrogens (tertiary/aromatic N) is 1. The summed E-state index contributed by atoms with van der Waals surface area (Å²) in [4.78, 5) is 0. The van der Waals surface area contributed by atoms with Crippen LogP contribution in [0, 0.1) is 17.2 Å². The standard InChI is InChI=1S/C24H27NO4/c1-14-22(27)21(13-26)29-24(23(14)28)18-8-9-19(12-25)20(11-18)10-15-2-4-16(5-3-15)17-6-7-17/h2-5,8-9,11,14,17,21-24,26-28H,6-7,10,13H2,1H3/t14-,21+,22-,23+,24?/m0/s1. The monoisotopic (exact) mass is 393 g/mol. The molecule has 0 spiro atoms. The molecule has 152 valence electrons. The number of aliphatic hydroxyl groups excluding tert-OH is 3. The van der Waals surface area contributed by atoms with Crippen molar-refractivity contribution in [3.63, 3.8) is 0 Å². The lowest BCUT2D eigenvalue weighted by Crippen LogP contribution is -2.50. The van der Waals surface area contributed by atoms with E-state index in [1.165, 1.54) is 18.4 Å². The van der Waals surface area contributed by atoms with Crippen LogP contribution in [-0.2, 0) is 11.2 Å². The van der Waals surface area contributed by atoms with Gasteiger partial charge in [-0.15, -0.1) is 0 Å². The van der Waals surface area contributed by atoms with Crippen LogP contribution in [0.2, 0.25) is 0 Å². The normalized spacial score (nSPS) is 29.4. The summed E-state index contributed by atoms with van der Waals surface area (Å²) in [6.07, 6.45) is -0.0640. The molecule has 29 heavy (non-hydrogen) atoms. The van der Waals surface area contributed by atoms with Crippen molar-refractivity contribution in [2.75, 3.05) is 6.61 Å². The minimum Gasteiger partial charge on any atom is -0.394 e. The van der Waals surface area contributed by atoms with Crippen LogP contribution >= 0.6 is 0 Å². The third-order valence-corrected chi connectivity index (χ3v) is 6.27. The highest BCUT2D eigenvalue weighted by Crippen LogP contribution is 2.40. The fourth-order valence-electron chi connectivity index (χ4n) is 4.18. The predicted octanol–water partition coefficient (Wildman–Crippen LogP) is 2.82. The van der Waals surface area contributed by atoms with E-state index in [2.05, 4.69) is 30.3 Å². The van der Waals surface area contributed by atoms with Gasteiger partial charge >= 0.3 is 0 Å². The number of benzene rings is 2. The average molecular weight is 393 g/mol. The number of rotatable bonds is 5. The highest BCUT2D eigenvalue weighted by molar-refractivity contribution is 5.44. The second-order valence-electron chi connectivity index (χ2n) is 8.34. The van der Waals surface area contributed by atoms with E-state index in [0.29, 0.717) is 17.9 Å². The third kappa shape index (κ3) is 4.08. The van der Waals surface area contributed by atoms with Crippen LogP contribution in [-0.4, -0.2) is 40.2 Å². The number of hydrogen-bond acceptors (Lipinski definition) is 5. The summed E-state index contributed by atoms with van der Waals surface area (Å²) in [6, 6.07) is 16.3. The molecular weight excluding hydrogens is 366 g/mol. The molecule has 3 N–H and O–H groups in total. The SMILES string of the molecule is C[C@H]1[C@H](O)[C@@H](CO)OC(c2ccc(C#N)c(Cc3ccc(C4CC4)cc3)c2)[C@@H]1O. The van der Waals surface area contributed by atoms with Gasteiger partial charge in [0, 0.05) is 5.92 Å². The zero-order valence-corrected chi connectivity index (χ0v) is 16.5. The quantitative estimate of drug-likeness (QED) is 0.726. The molecule has 1 saturated heterocycles. The third-order valence-electron chi connectivity index (χ3n) is 6.27. The highest BCUT2D eigenvalue weighted by Gasteiger charge is 2.42. The fourth-order valence-corrected chi connectivity index (χ4v) is 4.18. The van der Waals surface area contributed by atoms with Crippen molar-refractivity contribution in [3.8, 4) is 6.07 Å². The second kappa shape index (κ2) is 8.25. The Kier molecular flexibility index (Phi) is 5.71. The van der Waals surface area contributed by atoms with E-state index in [9.17, 15) is 20.6 Å². The van der Waals surface area contributed by atoms with Crippen LogP contribution in [0.15, 0.2) is 42.5 Å². The van der Waals surface area contributed by atoms with Crippen molar-refractivity contribution in [2.45, 2.75) is 56.5 Å². The first-order valence-electron chi connectivity index (χ1n) is 10.3. The minimum atomic E-state index is -0.922. The summed E-state index contributed by atoms with van der Waals surface area (Å²) < 4.78 is 5.81.